The molecule has 0 saturated carbocycles. The fourth-order valence-corrected chi connectivity index (χ4v) is 2.19. The zero-order chi connectivity index (χ0) is 16.7. The molecule has 0 saturated heterocycles. The van der Waals surface area contributed by atoms with Gasteiger partial charge in [0.25, 0.3) is 5.91 Å². The van der Waals surface area contributed by atoms with E-state index < -0.39 is 0 Å². The van der Waals surface area contributed by atoms with E-state index in [-0.39, 0.29) is 11.8 Å². The Hall–Kier alpha value is -2.47. The molecule has 5 nitrogen and oxygen atoms in total. The van der Waals surface area contributed by atoms with Crippen molar-refractivity contribution < 1.29 is 9.59 Å². The average molecular weight is 374 g/mol. The average Bonchev–Trinajstić information content (AvgIpc) is 2.55. The predicted molar refractivity (Wildman–Crippen MR) is 94.6 cm³/mol. The molecule has 0 bridgehead atoms. The first kappa shape index (κ1) is 16.9. The fraction of sp³-hybridized carbons (Fsp3) is 0.118. The third kappa shape index (κ3) is 5.34. The summed E-state index contributed by atoms with van der Waals surface area (Å²) in [5.74, 6) is -0.384. The number of nitrogens with one attached hydrogen (secondary N) is 2. The molecule has 0 radical (unpaired) electrons. The first-order chi connectivity index (χ1) is 11.1. The molecule has 6 heteroatoms. The molecular weight excluding hydrogens is 358 g/mol. The second-order valence-electron chi connectivity index (χ2n) is 4.73. The number of rotatable bonds is 5. The summed E-state index contributed by atoms with van der Waals surface area (Å²) in [6.45, 7) is 1.78. The smallest absolute Gasteiger partial charge is 0.271 e. The zero-order valence-electron chi connectivity index (χ0n) is 12.5. The van der Waals surface area contributed by atoms with Gasteiger partial charge in [0.2, 0.25) is 5.91 Å². The highest BCUT2D eigenvalue weighted by Crippen LogP contribution is 2.11. The Balaban J connectivity index is 1.94. The second-order valence-corrected chi connectivity index (χ2v) is 5.65. The zero-order valence-corrected chi connectivity index (χ0v) is 14.1. The van der Waals surface area contributed by atoms with Crippen molar-refractivity contribution >= 4 is 39.6 Å². The van der Waals surface area contributed by atoms with Crippen molar-refractivity contribution in [2.75, 3.05) is 5.32 Å². The highest BCUT2D eigenvalue weighted by molar-refractivity contribution is 9.10. The molecule has 2 aromatic carbocycles. The molecule has 0 atom stereocenters. The van der Waals surface area contributed by atoms with Crippen LogP contribution in [-0.4, -0.2) is 18.0 Å². The lowest BCUT2D eigenvalue weighted by Gasteiger charge is -2.04. The molecule has 2 aromatic rings. The molecule has 0 aromatic heterocycles. The van der Waals surface area contributed by atoms with Crippen LogP contribution in [0.25, 0.3) is 0 Å². The van der Waals surface area contributed by atoms with Gasteiger partial charge in [-0.25, -0.2) is 5.43 Å². The number of hydrogen-bond donors (Lipinski definition) is 2. The van der Waals surface area contributed by atoms with Crippen LogP contribution in [-0.2, 0) is 4.79 Å². The van der Waals surface area contributed by atoms with Crippen LogP contribution in [0.1, 0.15) is 29.3 Å². The Morgan fingerprint density at radius 3 is 2.57 bits per heavy atom. The quantitative estimate of drug-likeness (QED) is 0.621. The minimum Gasteiger partial charge on any atom is -0.326 e. The van der Waals surface area contributed by atoms with Crippen LogP contribution in [0.2, 0.25) is 0 Å². The molecule has 0 unspecified atom stereocenters. The maximum Gasteiger partial charge on any atom is 0.271 e. The highest BCUT2D eigenvalue weighted by atomic mass is 79.9. The van der Waals surface area contributed by atoms with E-state index in [1.165, 1.54) is 0 Å². The molecule has 0 aliphatic rings. The van der Waals surface area contributed by atoms with E-state index in [2.05, 4.69) is 31.8 Å². The van der Waals surface area contributed by atoms with Crippen molar-refractivity contribution in [3.63, 3.8) is 0 Å². The number of anilines is 1. The van der Waals surface area contributed by atoms with Gasteiger partial charge in [-0.1, -0.05) is 35.0 Å². The molecule has 0 fully saturated rings. The summed E-state index contributed by atoms with van der Waals surface area (Å²) >= 11 is 3.37. The number of nitrogens with zero attached hydrogens (tertiary/aromatic N) is 1. The number of carbonyl (C=O) groups excluding carboxylic acids is 2. The number of hydrogen-bond acceptors (Lipinski definition) is 3. The molecule has 2 rings (SSSR count). The number of carbonyl (C=O) groups is 2. The number of amides is 2. The van der Waals surface area contributed by atoms with Crippen LogP contribution >= 0.6 is 15.9 Å². The van der Waals surface area contributed by atoms with Crippen LogP contribution in [0.5, 0.6) is 0 Å². The van der Waals surface area contributed by atoms with Gasteiger partial charge in [0.1, 0.15) is 0 Å². The second kappa shape index (κ2) is 8.24. The molecule has 0 heterocycles. The van der Waals surface area contributed by atoms with Crippen molar-refractivity contribution in [3.8, 4) is 0 Å². The van der Waals surface area contributed by atoms with Gasteiger partial charge in [0.05, 0.1) is 6.21 Å². The van der Waals surface area contributed by atoms with Gasteiger partial charge in [-0.05, 0) is 42.0 Å². The van der Waals surface area contributed by atoms with Crippen molar-refractivity contribution in [2.24, 2.45) is 5.10 Å². The summed E-state index contributed by atoms with van der Waals surface area (Å²) < 4.78 is 0.942. The lowest BCUT2D eigenvalue weighted by Crippen LogP contribution is -2.17. The van der Waals surface area contributed by atoms with E-state index in [1.54, 1.807) is 37.4 Å². The molecular formula is C17H16BrN3O2. The predicted octanol–water partition coefficient (Wildman–Crippen LogP) is 3.56. The van der Waals surface area contributed by atoms with E-state index >= 15 is 0 Å². The minimum absolute atomic E-state index is 0.0687. The van der Waals surface area contributed by atoms with E-state index in [4.69, 9.17) is 0 Å². The van der Waals surface area contributed by atoms with Gasteiger partial charge in [-0.2, -0.15) is 5.10 Å². The molecule has 2 amide bonds. The Morgan fingerprint density at radius 1 is 1.17 bits per heavy atom. The first-order valence-electron chi connectivity index (χ1n) is 7.07. The van der Waals surface area contributed by atoms with Crippen LogP contribution in [0.3, 0.4) is 0 Å². The third-order valence-corrected chi connectivity index (χ3v) is 3.47. The lowest BCUT2D eigenvalue weighted by atomic mass is 10.2. The highest BCUT2D eigenvalue weighted by Gasteiger charge is 2.05. The summed E-state index contributed by atoms with van der Waals surface area (Å²) in [7, 11) is 0. The number of hydrazone groups is 1. The normalized spacial score (nSPS) is 10.5. The van der Waals surface area contributed by atoms with Crippen molar-refractivity contribution in [1.82, 2.24) is 5.43 Å². The lowest BCUT2D eigenvalue weighted by molar-refractivity contribution is -0.115. The van der Waals surface area contributed by atoms with E-state index in [1.807, 2.05) is 24.3 Å². The largest absolute Gasteiger partial charge is 0.326 e. The van der Waals surface area contributed by atoms with Crippen LogP contribution in [0, 0.1) is 0 Å². The summed E-state index contributed by atoms with van der Waals surface area (Å²) in [4.78, 5) is 23.3. The van der Waals surface area contributed by atoms with E-state index in [0.29, 0.717) is 17.7 Å². The molecule has 118 valence electrons. The molecule has 0 aliphatic heterocycles. The molecule has 0 spiro atoms. The molecule has 0 aliphatic carbocycles. The Labute approximate surface area is 142 Å². The summed E-state index contributed by atoms with van der Waals surface area (Å²) in [6, 6.07) is 14.2. The maximum absolute atomic E-state index is 12.0. The first-order valence-corrected chi connectivity index (χ1v) is 7.86. The van der Waals surface area contributed by atoms with Crippen molar-refractivity contribution in [2.45, 2.75) is 13.3 Å². The van der Waals surface area contributed by atoms with Crippen LogP contribution in [0.4, 0.5) is 5.69 Å². The van der Waals surface area contributed by atoms with E-state index in [0.717, 1.165) is 10.0 Å². The third-order valence-electron chi connectivity index (χ3n) is 2.98. The van der Waals surface area contributed by atoms with E-state index in [9.17, 15) is 9.59 Å². The van der Waals surface area contributed by atoms with Gasteiger partial charge in [-0.15, -0.1) is 0 Å². The maximum atomic E-state index is 12.0. The Kier molecular flexibility index (Phi) is 6.05. The minimum atomic E-state index is -0.315. The monoisotopic (exact) mass is 373 g/mol. The SMILES string of the molecule is CCC(=O)Nc1ccc(C(=O)NN=Cc2cccc(Br)c2)cc1. The van der Waals surface area contributed by atoms with Gasteiger partial charge in [0.15, 0.2) is 0 Å². The fourth-order valence-electron chi connectivity index (χ4n) is 1.77. The summed E-state index contributed by atoms with van der Waals surface area (Å²) in [5, 5.41) is 6.65. The topological polar surface area (TPSA) is 70.6 Å². The van der Waals surface area contributed by atoms with Crippen LogP contribution < -0.4 is 10.7 Å². The summed E-state index contributed by atoms with van der Waals surface area (Å²) in [6.07, 6.45) is 1.98. The van der Waals surface area contributed by atoms with Gasteiger partial charge in [-0.3, -0.25) is 9.59 Å². The summed E-state index contributed by atoms with van der Waals surface area (Å²) in [5.41, 5.74) is 4.46. The van der Waals surface area contributed by atoms with Crippen molar-refractivity contribution in [1.29, 1.82) is 0 Å². The molecule has 23 heavy (non-hydrogen) atoms. The standard InChI is InChI=1S/C17H16BrN3O2/c1-2-16(22)20-15-8-6-13(7-9-15)17(23)21-19-11-12-4-3-5-14(18)10-12/h3-11H,2H2,1H3,(H,20,22)(H,21,23). The van der Waals surface area contributed by atoms with Gasteiger partial charge < -0.3 is 5.32 Å². The number of benzene rings is 2. The Morgan fingerprint density at radius 2 is 1.91 bits per heavy atom. The van der Waals surface area contributed by atoms with Gasteiger partial charge in [0, 0.05) is 22.1 Å². The van der Waals surface area contributed by atoms with Crippen LogP contribution in [0.15, 0.2) is 58.1 Å². The Bertz CT molecular complexity index is 727. The van der Waals surface area contributed by atoms with Crippen molar-refractivity contribution in [3.05, 3.63) is 64.1 Å². The van der Waals surface area contributed by atoms with Gasteiger partial charge >= 0.3 is 0 Å². The number of halogens is 1. The molecule has 2 N–H and O–H groups in total.